The van der Waals surface area contributed by atoms with E-state index >= 15 is 0 Å². The van der Waals surface area contributed by atoms with Gasteiger partial charge in [-0.15, -0.1) is 0 Å². The van der Waals surface area contributed by atoms with E-state index in [1.54, 1.807) is 6.07 Å². The Balaban J connectivity index is 1.76. The van der Waals surface area contributed by atoms with E-state index < -0.39 is 10.0 Å². The highest BCUT2D eigenvalue weighted by atomic mass is 32.2. The molecule has 2 saturated carbocycles. The lowest BCUT2D eigenvalue weighted by molar-refractivity contribution is 0.281. The molecule has 2 fully saturated rings. The number of hydrogen-bond acceptors (Lipinski definition) is 4. The first-order valence-corrected chi connectivity index (χ1v) is 8.16. The average molecular weight is 282 g/mol. The molecule has 104 valence electrons. The number of sulfonamides is 1. The molecule has 5 nitrogen and oxygen atoms in total. The Kier molecular flexibility index (Phi) is 3.32. The molecule has 19 heavy (non-hydrogen) atoms. The summed E-state index contributed by atoms with van der Waals surface area (Å²) >= 11 is 0. The number of aliphatic hydroxyl groups excluding tert-OH is 1. The molecular formula is C13H18N2O3S. The van der Waals surface area contributed by atoms with Crippen LogP contribution in [0.1, 0.15) is 31.2 Å². The predicted molar refractivity (Wildman–Crippen MR) is 69.7 cm³/mol. The molecule has 0 saturated heterocycles. The van der Waals surface area contributed by atoms with Gasteiger partial charge in [-0.05, 0) is 49.1 Å². The Hall–Kier alpha value is -0.980. The highest BCUT2D eigenvalue weighted by molar-refractivity contribution is 7.89. The van der Waals surface area contributed by atoms with E-state index in [9.17, 15) is 8.42 Å². The number of aliphatic hydroxyl groups is 1. The third-order valence-corrected chi connectivity index (χ3v) is 5.18. The molecule has 0 aromatic carbocycles. The maximum Gasteiger partial charge on any atom is 0.258 e. The molecule has 1 heterocycles. The van der Waals surface area contributed by atoms with Crippen molar-refractivity contribution in [2.24, 2.45) is 11.8 Å². The normalized spacial score (nSPS) is 19.9. The fourth-order valence-corrected chi connectivity index (χ4v) is 3.69. The highest BCUT2D eigenvalue weighted by Gasteiger charge is 2.43. The molecule has 6 heteroatoms. The minimum Gasteiger partial charge on any atom is -0.392 e. The Labute approximate surface area is 113 Å². The van der Waals surface area contributed by atoms with Gasteiger partial charge in [0.15, 0.2) is 5.03 Å². The van der Waals surface area contributed by atoms with Gasteiger partial charge >= 0.3 is 0 Å². The van der Waals surface area contributed by atoms with Gasteiger partial charge in [0.05, 0.1) is 6.61 Å². The van der Waals surface area contributed by atoms with Gasteiger partial charge in [-0.3, -0.25) is 0 Å². The van der Waals surface area contributed by atoms with Crippen molar-refractivity contribution in [1.29, 1.82) is 0 Å². The van der Waals surface area contributed by atoms with Crippen molar-refractivity contribution in [3.63, 3.8) is 0 Å². The lowest BCUT2D eigenvalue weighted by atomic mass is 10.1. The van der Waals surface area contributed by atoms with Crippen LogP contribution in [0, 0.1) is 11.8 Å². The van der Waals surface area contributed by atoms with Gasteiger partial charge in [-0.2, -0.15) is 0 Å². The van der Waals surface area contributed by atoms with Crippen LogP contribution in [0.5, 0.6) is 0 Å². The second kappa shape index (κ2) is 4.85. The summed E-state index contributed by atoms with van der Waals surface area (Å²) in [5.41, 5.74) is 0.611. The number of pyridine rings is 1. The van der Waals surface area contributed by atoms with E-state index in [2.05, 4.69) is 9.71 Å². The molecule has 0 amide bonds. The van der Waals surface area contributed by atoms with Crippen molar-refractivity contribution in [2.45, 2.75) is 43.4 Å². The molecule has 0 radical (unpaired) electrons. The van der Waals surface area contributed by atoms with E-state index in [-0.39, 0.29) is 17.7 Å². The molecular weight excluding hydrogens is 264 g/mol. The van der Waals surface area contributed by atoms with Crippen LogP contribution in [0.15, 0.2) is 23.4 Å². The summed E-state index contributed by atoms with van der Waals surface area (Å²) in [4.78, 5) is 3.92. The lowest BCUT2D eigenvalue weighted by Crippen LogP contribution is -2.38. The molecule has 2 aliphatic rings. The maximum atomic E-state index is 12.3. The van der Waals surface area contributed by atoms with Crippen LogP contribution < -0.4 is 4.72 Å². The van der Waals surface area contributed by atoms with Crippen LogP contribution >= 0.6 is 0 Å². The van der Waals surface area contributed by atoms with Gasteiger partial charge in [0, 0.05) is 12.2 Å². The standard InChI is InChI=1S/C13H18N2O3S/c16-8-9-1-6-12(14-7-9)19(17,18)15-13(10-2-3-10)11-4-5-11/h1,6-7,10-11,13,15-16H,2-5,8H2. The molecule has 0 atom stereocenters. The minimum absolute atomic E-state index is 0.0380. The van der Waals surface area contributed by atoms with Gasteiger partial charge in [0.1, 0.15) is 0 Å². The number of nitrogens with zero attached hydrogens (tertiary/aromatic N) is 1. The van der Waals surface area contributed by atoms with Crippen molar-refractivity contribution < 1.29 is 13.5 Å². The van der Waals surface area contributed by atoms with Crippen LogP contribution in [0.3, 0.4) is 0 Å². The summed E-state index contributed by atoms with van der Waals surface area (Å²) in [5, 5.41) is 8.97. The van der Waals surface area contributed by atoms with E-state index in [1.165, 1.54) is 12.3 Å². The van der Waals surface area contributed by atoms with Crippen LogP contribution in [0.2, 0.25) is 0 Å². The van der Waals surface area contributed by atoms with Crippen LogP contribution in [0.4, 0.5) is 0 Å². The first-order chi connectivity index (χ1) is 9.10. The molecule has 2 aliphatic carbocycles. The molecule has 0 bridgehead atoms. The van der Waals surface area contributed by atoms with Crippen molar-refractivity contribution in [1.82, 2.24) is 9.71 Å². The summed E-state index contributed by atoms with van der Waals surface area (Å²) in [7, 11) is -3.54. The molecule has 0 spiro atoms. The molecule has 2 N–H and O–H groups in total. The number of hydrogen-bond donors (Lipinski definition) is 2. The topological polar surface area (TPSA) is 79.3 Å². The zero-order valence-electron chi connectivity index (χ0n) is 10.6. The Morgan fingerprint density at radius 3 is 2.32 bits per heavy atom. The Morgan fingerprint density at radius 2 is 1.89 bits per heavy atom. The average Bonchev–Trinajstić information content (AvgIpc) is 3.29. The molecule has 3 rings (SSSR count). The smallest absolute Gasteiger partial charge is 0.258 e. The third-order valence-electron chi connectivity index (χ3n) is 3.81. The van der Waals surface area contributed by atoms with Crippen molar-refractivity contribution >= 4 is 10.0 Å². The highest BCUT2D eigenvalue weighted by Crippen LogP contribution is 2.44. The van der Waals surface area contributed by atoms with Gasteiger partial charge in [0.25, 0.3) is 10.0 Å². The van der Waals surface area contributed by atoms with Gasteiger partial charge < -0.3 is 5.11 Å². The molecule has 0 aliphatic heterocycles. The quantitative estimate of drug-likeness (QED) is 0.817. The van der Waals surface area contributed by atoms with Crippen molar-refractivity contribution in [3.8, 4) is 0 Å². The van der Waals surface area contributed by atoms with Crippen LogP contribution in [-0.2, 0) is 16.6 Å². The van der Waals surface area contributed by atoms with E-state index in [0.717, 1.165) is 25.7 Å². The fourth-order valence-electron chi connectivity index (χ4n) is 2.39. The number of nitrogens with one attached hydrogen (secondary N) is 1. The zero-order chi connectivity index (χ0) is 13.5. The summed E-state index contributed by atoms with van der Waals surface area (Å²) in [6.07, 6.45) is 5.90. The van der Waals surface area contributed by atoms with E-state index in [4.69, 9.17) is 5.11 Å². The van der Waals surface area contributed by atoms with Crippen molar-refractivity contribution in [2.75, 3.05) is 0 Å². The summed E-state index contributed by atoms with van der Waals surface area (Å²) in [5.74, 6) is 1.03. The predicted octanol–water partition coefficient (Wildman–Crippen LogP) is 1.04. The maximum absolute atomic E-state index is 12.3. The van der Waals surface area contributed by atoms with Crippen molar-refractivity contribution in [3.05, 3.63) is 23.9 Å². The van der Waals surface area contributed by atoms with Gasteiger partial charge in [-0.25, -0.2) is 18.1 Å². The second-order valence-corrected chi connectivity index (χ2v) is 7.15. The summed E-state index contributed by atoms with van der Waals surface area (Å²) in [6.45, 7) is -0.131. The van der Waals surface area contributed by atoms with Crippen LogP contribution in [0.25, 0.3) is 0 Å². The van der Waals surface area contributed by atoms with E-state index in [1.807, 2.05) is 0 Å². The van der Waals surface area contributed by atoms with Crippen LogP contribution in [-0.4, -0.2) is 24.6 Å². The first kappa shape index (κ1) is 13.0. The minimum atomic E-state index is -3.54. The van der Waals surface area contributed by atoms with Gasteiger partial charge in [0.2, 0.25) is 0 Å². The first-order valence-electron chi connectivity index (χ1n) is 6.68. The lowest BCUT2D eigenvalue weighted by Gasteiger charge is -2.17. The molecule has 1 aromatic heterocycles. The molecule has 0 unspecified atom stereocenters. The SMILES string of the molecule is O=S(=O)(NC(C1CC1)C1CC1)c1ccc(CO)cn1. The zero-order valence-corrected chi connectivity index (χ0v) is 11.4. The molecule has 1 aromatic rings. The second-order valence-electron chi connectivity index (χ2n) is 5.48. The van der Waals surface area contributed by atoms with E-state index in [0.29, 0.717) is 17.4 Å². The third kappa shape index (κ3) is 2.96. The number of aromatic nitrogens is 1. The summed E-state index contributed by atoms with van der Waals surface area (Å²) in [6, 6.07) is 3.12. The monoisotopic (exact) mass is 282 g/mol. The van der Waals surface area contributed by atoms with Gasteiger partial charge in [-0.1, -0.05) is 6.07 Å². The summed E-state index contributed by atoms with van der Waals surface area (Å²) < 4.78 is 27.4. The Morgan fingerprint density at radius 1 is 1.26 bits per heavy atom. The fraction of sp³-hybridized carbons (Fsp3) is 0.615. The largest absolute Gasteiger partial charge is 0.392 e. The Bertz CT molecular complexity index is 536. The number of rotatable bonds is 6.